The fourth-order valence-electron chi connectivity index (χ4n) is 3.01. The Morgan fingerprint density at radius 1 is 0.852 bits per heavy atom. The molecule has 1 fully saturated rings. The number of hydrogen-bond acceptors (Lipinski definition) is 3. The molecule has 1 aliphatic heterocycles. The van der Waals surface area contributed by atoms with Crippen molar-refractivity contribution in [3.8, 4) is 0 Å². The van der Waals surface area contributed by atoms with Gasteiger partial charge in [0.25, 0.3) is 5.91 Å². The first-order chi connectivity index (χ1) is 13.0. The van der Waals surface area contributed by atoms with Crippen LogP contribution < -0.4 is 0 Å². The van der Waals surface area contributed by atoms with Crippen LogP contribution in [-0.4, -0.2) is 58.9 Å². The van der Waals surface area contributed by atoms with Crippen molar-refractivity contribution in [3.63, 3.8) is 0 Å². The van der Waals surface area contributed by atoms with Crippen molar-refractivity contribution in [2.75, 3.05) is 26.2 Å². The zero-order valence-electron chi connectivity index (χ0n) is 14.6. The van der Waals surface area contributed by atoms with E-state index in [4.69, 9.17) is 5.11 Å². The van der Waals surface area contributed by atoms with E-state index in [-0.39, 0.29) is 23.8 Å². The number of nitrogens with zero attached hydrogens (tertiary/aromatic N) is 2. The lowest BCUT2D eigenvalue weighted by Gasteiger charge is -2.35. The summed E-state index contributed by atoms with van der Waals surface area (Å²) in [5.74, 6) is -1.81. The van der Waals surface area contributed by atoms with Crippen LogP contribution in [0.3, 0.4) is 0 Å². The zero-order chi connectivity index (χ0) is 19.4. The maximum atomic E-state index is 13.7. The molecule has 2 aromatic carbocycles. The molecule has 0 aromatic heterocycles. The zero-order valence-corrected chi connectivity index (χ0v) is 14.6. The van der Waals surface area contributed by atoms with Crippen LogP contribution in [0.1, 0.15) is 26.3 Å². The Bertz CT molecular complexity index is 859. The molecule has 3 rings (SSSR count). The maximum Gasteiger partial charge on any atom is 0.335 e. The topological polar surface area (TPSA) is 77.9 Å². The fraction of sp³-hybridized carbons (Fsp3) is 0.250. The lowest BCUT2D eigenvalue weighted by atomic mass is 10.1. The predicted octanol–water partition coefficient (Wildman–Crippen LogP) is 2.05. The van der Waals surface area contributed by atoms with Crippen LogP contribution in [0.5, 0.6) is 0 Å². The first-order valence-corrected chi connectivity index (χ1v) is 8.59. The van der Waals surface area contributed by atoms with E-state index in [2.05, 4.69) is 0 Å². The van der Waals surface area contributed by atoms with E-state index in [0.717, 1.165) is 0 Å². The van der Waals surface area contributed by atoms with E-state index in [1.165, 1.54) is 30.3 Å². The maximum absolute atomic E-state index is 13.7. The van der Waals surface area contributed by atoms with Crippen molar-refractivity contribution in [3.05, 3.63) is 71.0 Å². The van der Waals surface area contributed by atoms with Crippen molar-refractivity contribution in [2.24, 2.45) is 0 Å². The van der Waals surface area contributed by atoms with Crippen molar-refractivity contribution in [2.45, 2.75) is 6.42 Å². The lowest BCUT2D eigenvalue weighted by molar-refractivity contribution is -0.132. The van der Waals surface area contributed by atoms with E-state index < -0.39 is 11.8 Å². The minimum atomic E-state index is -1.05. The highest BCUT2D eigenvalue weighted by Crippen LogP contribution is 2.13. The van der Waals surface area contributed by atoms with Crippen molar-refractivity contribution >= 4 is 17.8 Å². The van der Waals surface area contributed by atoms with Crippen LogP contribution in [0.25, 0.3) is 0 Å². The van der Waals surface area contributed by atoms with E-state index in [0.29, 0.717) is 37.3 Å². The van der Waals surface area contributed by atoms with E-state index in [9.17, 15) is 18.8 Å². The molecule has 140 valence electrons. The molecular formula is C20H19FN2O4. The fourth-order valence-corrected chi connectivity index (χ4v) is 3.01. The highest BCUT2D eigenvalue weighted by Gasteiger charge is 2.25. The van der Waals surface area contributed by atoms with Crippen molar-refractivity contribution < 1.29 is 23.9 Å². The Morgan fingerprint density at radius 3 is 2.00 bits per heavy atom. The molecule has 7 heteroatoms. The summed E-state index contributed by atoms with van der Waals surface area (Å²) in [5, 5.41) is 8.91. The first-order valence-electron chi connectivity index (χ1n) is 8.59. The molecule has 27 heavy (non-hydrogen) atoms. The molecular weight excluding hydrogens is 351 g/mol. The average molecular weight is 370 g/mol. The summed E-state index contributed by atoms with van der Waals surface area (Å²) in [5.41, 5.74) is 0.890. The minimum Gasteiger partial charge on any atom is -0.478 e. The Labute approximate surface area is 155 Å². The summed E-state index contributed by atoms with van der Waals surface area (Å²) in [4.78, 5) is 39.0. The summed E-state index contributed by atoms with van der Waals surface area (Å²) >= 11 is 0. The third-order valence-corrected chi connectivity index (χ3v) is 4.60. The number of benzene rings is 2. The van der Waals surface area contributed by atoms with Crippen molar-refractivity contribution in [1.82, 2.24) is 9.80 Å². The second-order valence-corrected chi connectivity index (χ2v) is 6.32. The number of hydrogen-bond donors (Lipinski definition) is 1. The molecule has 0 aliphatic carbocycles. The number of carbonyl (C=O) groups excluding carboxylic acids is 2. The molecule has 6 nitrogen and oxygen atoms in total. The highest BCUT2D eigenvalue weighted by molar-refractivity contribution is 5.96. The normalized spacial score (nSPS) is 14.1. The van der Waals surface area contributed by atoms with Crippen LogP contribution in [0.15, 0.2) is 48.5 Å². The summed E-state index contributed by atoms with van der Waals surface area (Å²) in [6.07, 6.45) is -0.00271. The Balaban J connectivity index is 1.56. The van der Waals surface area contributed by atoms with Crippen LogP contribution in [-0.2, 0) is 11.2 Å². The number of halogens is 1. The van der Waals surface area contributed by atoms with E-state index in [1.54, 1.807) is 28.0 Å². The summed E-state index contributed by atoms with van der Waals surface area (Å²) < 4.78 is 13.7. The molecule has 1 heterocycles. The Kier molecular flexibility index (Phi) is 5.49. The smallest absolute Gasteiger partial charge is 0.335 e. The average Bonchev–Trinajstić information content (AvgIpc) is 2.69. The summed E-state index contributed by atoms with van der Waals surface area (Å²) in [7, 11) is 0. The van der Waals surface area contributed by atoms with Gasteiger partial charge in [0, 0.05) is 31.7 Å². The quantitative estimate of drug-likeness (QED) is 0.894. The van der Waals surface area contributed by atoms with Gasteiger partial charge in [-0.25, -0.2) is 9.18 Å². The monoisotopic (exact) mass is 370 g/mol. The van der Waals surface area contributed by atoms with Gasteiger partial charge in [-0.1, -0.05) is 18.2 Å². The summed E-state index contributed by atoms with van der Waals surface area (Å²) in [6.45, 7) is 1.52. The van der Waals surface area contributed by atoms with Gasteiger partial charge in [0.15, 0.2) is 0 Å². The van der Waals surface area contributed by atoms with Gasteiger partial charge < -0.3 is 14.9 Å². The molecule has 0 atom stereocenters. The minimum absolute atomic E-state index is 0.00271. The predicted molar refractivity (Wildman–Crippen MR) is 96.0 cm³/mol. The molecule has 0 spiro atoms. The van der Waals surface area contributed by atoms with Gasteiger partial charge in [-0.15, -0.1) is 0 Å². The van der Waals surface area contributed by atoms with Gasteiger partial charge in [-0.3, -0.25) is 9.59 Å². The molecule has 0 saturated carbocycles. The van der Waals surface area contributed by atoms with Gasteiger partial charge in [0.1, 0.15) is 5.82 Å². The summed E-state index contributed by atoms with van der Waals surface area (Å²) in [6, 6.07) is 12.0. The molecule has 0 radical (unpaired) electrons. The molecule has 2 amide bonds. The number of amides is 2. The molecule has 1 N–H and O–H groups in total. The number of aromatic carboxylic acids is 1. The Hall–Kier alpha value is -3.22. The van der Waals surface area contributed by atoms with Gasteiger partial charge in [0.2, 0.25) is 5.91 Å². The van der Waals surface area contributed by atoms with Gasteiger partial charge >= 0.3 is 5.97 Å². The molecule has 0 unspecified atom stereocenters. The standard InChI is InChI=1S/C20H19FN2O4/c21-17-4-2-1-3-16(17)13-18(24)22-9-11-23(12-10-22)19(25)14-5-7-15(8-6-14)20(26)27/h1-8H,9-13H2,(H,26,27). The van der Waals surface area contributed by atoms with E-state index in [1.807, 2.05) is 0 Å². The number of carboxylic acids is 1. The highest BCUT2D eigenvalue weighted by atomic mass is 19.1. The second kappa shape index (κ2) is 7.99. The van der Waals surface area contributed by atoms with Gasteiger partial charge in [-0.05, 0) is 35.9 Å². The number of piperazine rings is 1. The largest absolute Gasteiger partial charge is 0.478 e. The second-order valence-electron chi connectivity index (χ2n) is 6.32. The van der Waals surface area contributed by atoms with Crippen LogP contribution in [0.2, 0.25) is 0 Å². The third kappa shape index (κ3) is 4.31. The van der Waals surface area contributed by atoms with Gasteiger partial charge in [0.05, 0.1) is 12.0 Å². The van der Waals surface area contributed by atoms with Crippen LogP contribution >= 0.6 is 0 Å². The molecule has 1 saturated heterocycles. The van der Waals surface area contributed by atoms with Gasteiger partial charge in [-0.2, -0.15) is 0 Å². The first kappa shape index (κ1) is 18.6. The molecule has 0 bridgehead atoms. The third-order valence-electron chi connectivity index (χ3n) is 4.60. The van der Waals surface area contributed by atoms with Crippen LogP contribution in [0.4, 0.5) is 4.39 Å². The lowest BCUT2D eigenvalue weighted by Crippen LogP contribution is -2.51. The molecule has 1 aliphatic rings. The Morgan fingerprint density at radius 2 is 1.41 bits per heavy atom. The number of carbonyl (C=O) groups is 3. The van der Waals surface area contributed by atoms with E-state index >= 15 is 0 Å². The molecule has 2 aromatic rings. The van der Waals surface area contributed by atoms with Crippen LogP contribution in [0, 0.1) is 5.82 Å². The number of carboxylic acid groups (broad SMARTS) is 1. The number of rotatable bonds is 4. The SMILES string of the molecule is O=C(O)c1ccc(C(=O)N2CCN(C(=O)Cc3ccccc3F)CC2)cc1. The van der Waals surface area contributed by atoms with Crippen molar-refractivity contribution in [1.29, 1.82) is 0 Å².